The molecule has 3 rings (SSSR count). The lowest BCUT2D eigenvalue weighted by Gasteiger charge is -2.30. The second-order valence-electron chi connectivity index (χ2n) is 8.22. The third kappa shape index (κ3) is 6.23. The van der Waals surface area contributed by atoms with Crippen LogP contribution in [-0.2, 0) is 17.6 Å². The van der Waals surface area contributed by atoms with Gasteiger partial charge in [-0.1, -0.05) is 44.2 Å². The number of nitrogens with one attached hydrogen (secondary N) is 1. The van der Waals surface area contributed by atoms with E-state index in [1.807, 2.05) is 37.3 Å². The summed E-state index contributed by atoms with van der Waals surface area (Å²) in [6.07, 6.45) is 1.46. The molecular weight excluding hydrogens is 416 g/mol. The number of nitrogens with zero attached hydrogens (tertiary/aromatic N) is 1. The third-order valence-corrected chi connectivity index (χ3v) is 6.27. The quantitative estimate of drug-likeness (QED) is 0.445. The summed E-state index contributed by atoms with van der Waals surface area (Å²) < 4.78 is 10.7. The molecule has 6 heteroatoms. The molecule has 0 fully saturated rings. The lowest BCUT2D eigenvalue weighted by Crippen LogP contribution is -2.45. The Balaban J connectivity index is 1.65. The third-order valence-electron chi connectivity index (χ3n) is 6.27. The van der Waals surface area contributed by atoms with E-state index in [1.165, 1.54) is 5.56 Å². The highest BCUT2D eigenvalue weighted by Gasteiger charge is 2.18. The molecule has 176 valence electrons. The average molecular weight is 451 g/mol. The fourth-order valence-corrected chi connectivity index (χ4v) is 4.31. The Hall–Kier alpha value is -3.12. The monoisotopic (exact) mass is 450 g/mol. The van der Waals surface area contributed by atoms with Crippen molar-refractivity contribution >= 4 is 16.9 Å². The summed E-state index contributed by atoms with van der Waals surface area (Å²) in [4.78, 5) is 27.6. The van der Waals surface area contributed by atoms with Gasteiger partial charge < -0.3 is 14.5 Å². The molecule has 2 aromatic carbocycles. The number of fused-ring (bicyclic) bond motifs is 1. The molecule has 1 amide bonds. The highest BCUT2D eigenvalue weighted by molar-refractivity contribution is 5.82. The molecule has 3 aromatic rings. The van der Waals surface area contributed by atoms with Gasteiger partial charge in [0.15, 0.2) is 0 Å². The van der Waals surface area contributed by atoms with Crippen LogP contribution in [0.25, 0.3) is 11.0 Å². The molecule has 1 N–H and O–H groups in total. The standard InChI is InChI=1S/C27H34N2O4/c1-5-29(6-2)21(16-20-10-8-7-9-11-20)18-28-26(30)15-14-24-19(3)23-13-12-22(32-4)17-25(23)33-27(24)31/h7-13,17,21H,5-6,14-16,18H2,1-4H3,(H,28,30). The molecule has 0 radical (unpaired) electrons. The summed E-state index contributed by atoms with van der Waals surface area (Å²) in [5.74, 6) is 0.573. The van der Waals surface area contributed by atoms with Crippen molar-refractivity contribution < 1.29 is 13.9 Å². The molecule has 6 nitrogen and oxygen atoms in total. The maximum atomic E-state index is 12.7. The van der Waals surface area contributed by atoms with E-state index in [-0.39, 0.29) is 18.4 Å². The molecule has 1 heterocycles. The summed E-state index contributed by atoms with van der Waals surface area (Å²) in [6, 6.07) is 16.0. The van der Waals surface area contributed by atoms with Crippen LogP contribution in [0.1, 0.15) is 37.0 Å². The molecule has 0 saturated carbocycles. The van der Waals surface area contributed by atoms with E-state index in [4.69, 9.17) is 9.15 Å². The zero-order valence-electron chi connectivity index (χ0n) is 20.0. The predicted molar refractivity (Wildman–Crippen MR) is 132 cm³/mol. The summed E-state index contributed by atoms with van der Waals surface area (Å²) in [6.45, 7) is 8.59. The van der Waals surface area contributed by atoms with Gasteiger partial charge >= 0.3 is 5.63 Å². The average Bonchev–Trinajstić information content (AvgIpc) is 2.83. The van der Waals surface area contributed by atoms with Crippen LogP contribution in [0.4, 0.5) is 0 Å². The Morgan fingerprint density at radius 3 is 2.52 bits per heavy atom. The minimum Gasteiger partial charge on any atom is -0.497 e. The topological polar surface area (TPSA) is 71.8 Å². The second kappa shape index (κ2) is 11.7. The van der Waals surface area contributed by atoms with Gasteiger partial charge in [-0.2, -0.15) is 0 Å². The highest BCUT2D eigenvalue weighted by atomic mass is 16.5. The molecule has 0 aliphatic rings. The van der Waals surface area contributed by atoms with Gasteiger partial charge in [-0.25, -0.2) is 4.79 Å². The van der Waals surface area contributed by atoms with Gasteiger partial charge in [0.2, 0.25) is 5.91 Å². The number of aryl methyl sites for hydroxylation is 1. The fraction of sp³-hybridized carbons (Fsp3) is 0.407. The van der Waals surface area contributed by atoms with E-state index in [1.54, 1.807) is 13.2 Å². The number of methoxy groups -OCH3 is 1. The Labute approximate surface area is 195 Å². The lowest BCUT2D eigenvalue weighted by molar-refractivity contribution is -0.121. The van der Waals surface area contributed by atoms with Gasteiger partial charge in [0.1, 0.15) is 11.3 Å². The van der Waals surface area contributed by atoms with Crippen LogP contribution in [0.2, 0.25) is 0 Å². The van der Waals surface area contributed by atoms with Crippen LogP contribution in [-0.4, -0.2) is 43.6 Å². The van der Waals surface area contributed by atoms with Crippen molar-refractivity contribution in [2.45, 2.75) is 46.1 Å². The van der Waals surface area contributed by atoms with Crippen molar-refractivity contribution in [2.24, 2.45) is 0 Å². The van der Waals surface area contributed by atoms with Crippen molar-refractivity contribution in [1.29, 1.82) is 0 Å². The van der Waals surface area contributed by atoms with Crippen LogP contribution in [0.15, 0.2) is 57.7 Å². The number of hydrogen-bond donors (Lipinski definition) is 1. The van der Waals surface area contributed by atoms with E-state index in [0.717, 1.165) is 30.5 Å². The summed E-state index contributed by atoms with van der Waals surface area (Å²) in [5, 5.41) is 3.94. The minimum absolute atomic E-state index is 0.0613. The number of hydrogen-bond acceptors (Lipinski definition) is 5. The normalized spacial score (nSPS) is 12.2. The zero-order chi connectivity index (χ0) is 23.8. The smallest absolute Gasteiger partial charge is 0.339 e. The molecule has 0 saturated heterocycles. The number of likely N-dealkylation sites (N-methyl/N-ethyl adjacent to an activating group) is 1. The van der Waals surface area contributed by atoms with Crippen molar-refractivity contribution in [1.82, 2.24) is 10.2 Å². The lowest BCUT2D eigenvalue weighted by atomic mass is 10.0. The maximum absolute atomic E-state index is 12.7. The predicted octanol–water partition coefficient (Wildman–Crippen LogP) is 4.11. The molecule has 0 spiro atoms. The summed E-state index contributed by atoms with van der Waals surface area (Å²) >= 11 is 0. The molecule has 0 aliphatic heterocycles. The van der Waals surface area contributed by atoms with E-state index in [0.29, 0.717) is 29.9 Å². The van der Waals surface area contributed by atoms with E-state index >= 15 is 0 Å². The molecule has 1 atom stereocenters. The van der Waals surface area contributed by atoms with Gasteiger partial charge in [0.05, 0.1) is 7.11 Å². The molecular formula is C27H34N2O4. The highest BCUT2D eigenvalue weighted by Crippen LogP contribution is 2.24. The van der Waals surface area contributed by atoms with Crippen molar-refractivity contribution in [3.63, 3.8) is 0 Å². The van der Waals surface area contributed by atoms with Crippen LogP contribution in [0.5, 0.6) is 5.75 Å². The van der Waals surface area contributed by atoms with Gasteiger partial charge in [-0.05, 0) is 56.1 Å². The number of amides is 1. The summed E-state index contributed by atoms with van der Waals surface area (Å²) in [5.41, 5.74) is 2.75. The van der Waals surface area contributed by atoms with Crippen molar-refractivity contribution in [3.05, 3.63) is 75.6 Å². The van der Waals surface area contributed by atoms with Crippen LogP contribution in [0.3, 0.4) is 0 Å². The first-order chi connectivity index (χ1) is 16.0. The molecule has 33 heavy (non-hydrogen) atoms. The van der Waals surface area contributed by atoms with Crippen LogP contribution in [0, 0.1) is 6.92 Å². The SMILES string of the molecule is CCN(CC)C(CNC(=O)CCc1c(C)c2ccc(OC)cc2oc1=O)Cc1ccccc1. The van der Waals surface area contributed by atoms with Crippen LogP contribution >= 0.6 is 0 Å². The Morgan fingerprint density at radius 1 is 1.12 bits per heavy atom. The van der Waals surface area contributed by atoms with Gasteiger partial charge in [0.25, 0.3) is 0 Å². The van der Waals surface area contributed by atoms with E-state index in [2.05, 4.69) is 36.2 Å². The number of benzene rings is 2. The molecule has 1 aromatic heterocycles. The van der Waals surface area contributed by atoms with E-state index < -0.39 is 5.63 Å². The summed E-state index contributed by atoms with van der Waals surface area (Å²) in [7, 11) is 1.57. The van der Waals surface area contributed by atoms with Gasteiger partial charge in [-0.15, -0.1) is 0 Å². The molecule has 1 unspecified atom stereocenters. The Morgan fingerprint density at radius 2 is 1.85 bits per heavy atom. The number of carbonyl (C=O) groups is 1. The fourth-order valence-electron chi connectivity index (χ4n) is 4.31. The van der Waals surface area contributed by atoms with Crippen molar-refractivity contribution in [2.75, 3.05) is 26.7 Å². The first-order valence-corrected chi connectivity index (χ1v) is 11.6. The van der Waals surface area contributed by atoms with Gasteiger partial charge in [-0.3, -0.25) is 9.69 Å². The first-order valence-electron chi connectivity index (χ1n) is 11.6. The largest absolute Gasteiger partial charge is 0.497 e. The number of carbonyl (C=O) groups excluding carboxylic acids is 1. The van der Waals surface area contributed by atoms with Gasteiger partial charge in [0, 0.05) is 36.0 Å². The maximum Gasteiger partial charge on any atom is 0.339 e. The molecule has 0 aliphatic carbocycles. The Bertz CT molecular complexity index is 1120. The zero-order valence-corrected chi connectivity index (χ0v) is 20.0. The second-order valence-corrected chi connectivity index (χ2v) is 8.22. The molecule has 0 bridgehead atoms. The van der Waals surface area contributed by atoms with Crippen molar-refractivity contribution in [3.8, 4) is 5.75 Å². The first kappa shape index (κ1) is 24.5. The number of rotatable bonds is 11. The number of ether oxygens (including phenoxy) is 1. The van der Waals surface area contributed by atoms with Crippen LogP contribution < -0.4 is 15.7 Å². The Kier molecular flexibility index (Phi) is 8.66. The van der Waals surface area contributed by atoms with E-state index in [9.17, 15) is 9.59 Å². The minimum atomic E-state index is -0.397.